The predicted molar refractivity (Wildman–Crippen MR) is 85.5 cm³/mol. The molecule has 1 aromatic carbocycles. The van der Waals surface area contributed by atoms with E-state index in [-0.39, 0.29) is 0 Å². The average Bonchev–Trinajstić information content (AvgIpc) is 2.38. The Labute approximate surface area is 126 Å². The van der Waals surface area contributed by atoms with Gasteiger partial charge in [0.05, 0.1) is 0 Å². The Hall–Kier alpha value is -0.380. The Kier molecular flexibility index (Phi) is 8.35. The van der Waals surface area contributed by atoms with E-state index < -0.39 is 0 Å². The van der Waals surface area contributed by atoms with Crippen molar-refractivity contribution in [3.05, 3.63) is 34.3 Å². The van der Waals surface area contributed by atoms with Crippen LogP contribution in [0.3, 0.4) is 0 Å². The molecule has 0 bridgehead atoms. The molecule has 2 atom stereocenters. The summed E-state index contributed by atoms with van der Waals surface area (Å²) in [6, 6.07) is 8.60. The lowest BCUT2D eigenvalue weighted by molar-refractivity contribution is 0.128. The SMILES string of the molecule is CCCNCC(Cc1cccc(Br)c1)C(C)COC. The summed E-state index contributed by atoms with van der Waals surface area (Å²) in [6.07, 6.45) is 2.28. The molecule has 0 aromatic heterocycles. The molecule has 0 fully saturated rings. The van der Waals surface area contributed by atoms with Gasteiger partial charge in [-0.25, -0.2) is 0 Å². The highest BCUT2D eigenvalue weighted by atomic mass is 79.9. The van der Waals surface area contributed by atoms with E-state index in [0.717, 1.165) is 30.6 Å². The monoisotopic (exact) mass is 327 g/mol. The Morgan fingerprint density at radius 3 is 2.79 bits per heavy atom. The molecule has 0 aliphatic rings. The fraction of sp³-hybridized carbons (Fsp3) is 0.625. The third-order valence-electron chi connectivity index (χ3n) is 3.45. The summed E-state index contributed by atoms with van der Waals surface area (Å²) >= 11 is 3.54. The van der Waals surface area contributed by atoms with E-state index >= 15 is 0 Å². The van der Waals surface area contributed by atoms with Crippen LogP contribution in [0.15, 0.2) is 28.7 Å². The van der Waals surface area contributed by atoms with E-state index in [2.05, 4.69) is 59.4 Å². The van der Waals surface area contributed by atoms with Gasteiger partial charge in [0, 0.05) is 18.2 Å². The normalized spacial score (nSPS) is 14.3. The van der Waals surface area contributed by atoms with Crippen molar-refractivity contribution in [3.63, 3.8) is 0 Å². The van der Waals surface area contributed by atoms with Crippen molar-refractivity contribution in [2.24, 2.45) is 11.8 Å². The van der Waals surface area contributed by atoms with Crippen LogP contribution in [-0.2, 0) is 11.2 Å². The molecular weight excluding hydrogens is 302 g/mol. The van der Waals surface area contributed by atoms with E-state index in [1.807, 2.05) is 0 Å². The standard InChI is InChI=1S/C16H26BrNO/c1-4-8-18-11-15(13(2)12-19-3)9-14-6-5-7-16(17)10-14/h5-7,10,13,15,18H,4,8-9,11-12H2,1-3H3. The highest BCUT2D eigenvalue weighted by Crippen LogP contribution is 2.20. The fourth-order valence-electron chi connectivity index (χ4n) is 2.30. The molecule has 0 saturated carbocycles. The second-order valence-corrected chi connectivity index (χ2v) is 6.15. The molecule has 2 nitrogen and oxygen atoms in total. The van der Waals surface area contributed by atoms with Gasteiger partial charge in [-0.1, -0.05) is 41.9 Å². The molecule has 0 radical (unpaired) electrons. The van der Waals surface area contributed by atoms with E-state index in [1.54, 1.807) is 7.11 Å². The smallest absolute Gasteiger partial charge is 0.0491 e. The first-order valence-corrected chi connectivity index (χ1v) is 7.90. The van der Waals surface area contributed by atoms with Crippen LogP contribution in [-0.4, -0.2) is 26.8 Å². The number of benzene rings is 1. The van der Waals surface area contributed by atoms with Crippen LogP contribution in [0.25, 0.3) is 0 Å². The molecule has 0 amide bonds. The Morgan fingerprint density at radius 2 is 2.16 bits per heavy atom. The number of halogens is 1. The van der Waals surface area contributed by atoms with Gasteiger partial charge in [0.1, 0.15) is 0 Å². The van der Waals surface area contributed by atoms with Crippen molar-refractivity contribution in [2.45, 2.75) is 26.7 Å². The number of rotatable bonds is 9. The molecular formula is C16H26BrNO. The van der Waals surface area contributed by atoms with Crippen LogP contribution in [0, 0.1) is 11.8 Å². The van der Waals surface area contributed by atoms with Crippen LogP contribution in [0.1, 0.15) is 25.8 Å². The van der Waals surface area contributed by atoms with Gasteiger partial charge in [0.25, 0.3) is 0 Å². The van der Waals surface area contributed by atoms with Gasteiger partial charge in [-0.3, -0.25) is 0 Å². The van der Waals surface area contributed by atoms with E-state index in [0.29, 0.717) is 11.8 Å². The number of hydrogen-bond donors (Lipinski definition) is 1. The zero-order chi connectivity index (χ0) is 14.1. The Balaban J connectivity index is 2.61. The van der Waals surface area contributed by atoms with Crippen molar-refractivity contribution in [3.8, 4) is 0 Å². The maximum absolute atomic E-state index is 5.32. The minimum Gasteiger partial charge on any atom is -0.384 e. The number of methoxy groups -OCH3 is 1. The van der Waals surface area contributed by atoms with Crippen molar-refractivity contribution in [2.75, 3.05) is 26.8 Å². The first-order valence-electron chi connectivity index (χ1n) is 7.11. The summed E-state index contributed by atoms with van der Waals surface area (Å²) in [5, 5.41) is 3.54. The molecule has 0 saturated heterocycles. The van der Waals surface area contributed by atoms with Crippen LogP contribution in [0.2, 0.25) is 0 Å². The topological polar surface area (TPSA) is 21.3 Å². The first-order chi connectivity index (χ1) is 9.17. The molecule has 0 heterocycles. The molecule has 0 aliphatic carbocycles. The minimum absolute atomic E-state index is 0.563. The van der Waals surface area contributed by atoms with Crippen LogP contribution in [0.5, 0.6) is 0 Å². The molecule has 1 aromatic rings. The molecule has 1 N–H and O–H groups in total. The largest absolute Gasteiger partial charge is 0.384 e. The van der Waals surface area contributed by atoms with E-state index in [1.165, 1.54) is 12.0 Å². The summed E-state index contributed by atoms with van der Waals surface area (Å²) in [7, 11) is 1.78. The maximum Gasteiger partial charge on any atom is 0.0491 e. The van der Waals surface area contributed by atoms with Gasteiger partial charge < -0.3 is 10.1 Å². The maximum atomic E-state index is 5.32. The molecule has 0 spiro atoms. The lowest BCUT2D eigenvalue weighted by atomic mass is 9.88. The van der Waals surface area contributed by atoms with Crippen LogP contribution >= 0.6 is 15.9 Å². The Morgan fingerprint density at radius 1 is 1.37 bits per heavy atom. The quantitative estimate of drug-likeness (QED) is 0.695. The van der Waals surface area contributed by atoms with Gasteiger partial charge in [-0.05, 0) is 55.5 Å². The summed E-state index contributed by atoms with van der Waals surface area (Å²) < 4.78 is 6.47. The van der Waals surface area contributed by atoms with Crippen molar-refractivity contribution < 1.29 is 4.74 Å². The van der Waals surface area contributed by atoms with Crippen molar-refractivity contribution >= 4 is 15.9 Å². The number of hydrogen-bond acceptors (Lipinski definition) is 2. The molecule has 2 unspecified atom stereocenters. The molecule has 0 aliphatic heterocycles. The average molecular weight is 328 g/mol. The lowest BCUT2D eigenvalue weighted by Crippen LogP contribution is -2.31. The predicted octanol–water partition coefficient (Wildman–Crippen LogP) is 3.89. The Bertz CT molecular complexity index is 356. The van der Waals surface area contributed by atoms with Crippen molar-refractivity contribution in [1.82, 2.24) is 5.32 Å². The summed E-state index contributed by atoms with van der Waals surface area (Å²) in [6.45, 7) is 7.46. The molecule has 3 heteroatoms. The zero-order valence-electron chi connectivity index (χ0n) is 12.3. The number of ether oxygens (including phenoxy) is 1. The highest BCUT2D eigenvalue weighted by molar-refractivity contribution is 9.10. The number of nitrogens with one attached hydrogen (secondary N) is 1. The fourth-order valence-corrected chi connectivity index (χ4v) is 2.75. The minimum atomic E-state index is 0.563. The van der Waals surface area contributed by atoms with E-state index in [4.69, 9.17) is 4.74 Å². The molecule has 108 valence electrons. The van der Waals surface area contributed by atoms with Gasteiger partial charge >= 0.3 is 0 Å². The third kappa shape index (κ3) is 6.55. The summed E-state index contributed by atoms with van der Waals surface area (Å²) in [5.41, 5.74) is 1.39. The van der Waals surface area contributed by atoms with Crippen LogP contribution < -0.4 is 5.32 Å². The highest BCUT2D eigenvalue weighted by Gasteiger charge is 2.17. The lowest BCUT2D eigenvalue weighted by Gasteiger charge is -2.24. The molecule has 19 heavy (non-hydrogen) atoms. The first kappa shape index (κ1) is 16.7. The summed E-state index contributed by atoms with van der Waals surface area (Å²) in [5.74, 6) is 1.18. The van der Waals surface area contributed by atoms with E-state index in [9.17, 15) is 0 Å². The zero-order valence-corrected chi connectivity index (χ0v) is 13.9. The van der Waals surface area contributed by atoms with Crippen molar-refractivity contribution in [1.29, 1.82) is 0 Å². The molecule has 1 rings (SSSR count). The van der Waals surface area contributed by atoms with Gasteiger partial charge in [0.2, 0.25) is 0 Å². The van der Waals surface area contributed by atoms with Gasteiger partial charge in [-0.2, -0.15) is 0 Å². The van der Waals surface area contributed by atoms with Gasteiger partial charge in [-0.15, -0.1) is 0 Å². The second kappa shape index (κ2) is 9.51. The van der Waals surface area contributed by atoms with Crippen LogP contribution in [0.4, 0.5) is 0 Å². The van der Waals surface area contributed by atoms with Gasteiger partial charge in [0.15, 0.2) is 0 Å². The third-order valence-corrected chi connectivity index (χ3v) is 3.95. The second-order valence-electron chi connectivity index (χ2n) is 5.23. The summed E-state index contributed by atoms with van der Waals surface area (Å²) in [4.78, 5) is 0.